The van der Waals surface area contributed by atoms with Gasteiger partial charge in [-0.2, -0.15) is 0 Å². The number of ether oxygens (including phenoxy) is 2. The molecule has 0 aliphatic carbocycles. The second-order valence-corrected chi connectivity index (χ2v) is 12.9. The molecule has 1 aliphatic rings. The SMILES string of the molecule is CC(NC(=O)COc1cccc(CCC[N+]2(CCCc3cccc(OCC(=O)NC(C)c4ncc[nH]4)c3)CCCCC2)c1)c1ncc[nH]1.[OH-]. The van der Waals surface area contributed by atoms with Crippen molar-refractivity contribution in [3.63, 3.8) is 0 Å². The van der Waals surface area contributed by atoms with Crippen LogP contribution < -0.4 is 20.1 Å². The van der Waals surface area contributed by atoms with Crippen molar-refractivity contribution in [2.75, 3.05) is 39.4 Å². The number of carbonyl (C=O) groups is 2. The number of hydrogen-bond acceptors (Lipinski definition) is 7. The number of amides is 2. The van der Waals surface area contributed by atoms with Crippen LogP contribution in [-0.2, 0) is 22.4 Å². The summed E-state index contributed by atoms with van der Waals surface area (Å²) in [6.07, 6.45) is 14.9. The Morgan fingerprint density at radius 2 is 1.22 bits per heavy atom. The molecule has 1 fully saturated rings. The zero-order valence-electron chi connectivity index (χ0n) is 28.7. The molecule has 12 heteroatoms. The minimum absolute atomic E-state index is 0. The number of benzene rings is 2. The number of likely N-dealkylation sites (tertiary alicyclic amines) is 1. The molecule has 2 amide bonds. The highest BCUT2D eigenvalue weighted by molar-refractivity contribution is 5.78. The highest BCUT2D eigenvalue weighted by Crippen LogP contribution is 2.23. The molecule has 5 N–H and O–H groups in total. The lowest BCUT2D eigenvalue weighted by molar-refractivity contribution is -0.932. The minimum Gasteiger partial charge on any atom is -0.870 e. The van der Waals surface area contributed by atoms with E-state index in [0.717, 1.165) is 38.8 Å². The Hall–Kier alpha value is -4.68. The van der Waals surface area contributed by atoms with Gasteiger partial charge in [0.05, 0.1) is 38.3 Å². The summed E-state index contributed by atoms with van der Waals surface area (Å²) in [5.74, 6) is 2.50. The molecule has 2 aromatic heterocycles. The average molecular weight is 674 g/mol. The van der Waals surface area contributed by atoms with Crippen molar-refractivity contribution in [2.24, 2.45) is 0 Å². The van der Waals surface area contributed by atoms with E-state index in [9.17, 15) is 9.59 Å². The van der Waals surface area contributed by atoms with Crippen molar-refractivity contribution in [2.45, 2.75) is 70.9 Å². The first-order valence-corrected chi connectivity index (χ1v) is 17.2. The first-order valence-electron chi connectivity index (χ1n) is 17.2. The molecule has 0 spiro atoms. The number of hydrogen-bond donors (Lipinski definition) is 4. The van der Waals surface area contributed by atoms with Crippen LogP contribution >= 0.6 is 0 Å². The van der Waals surface area contributed by atoms with Gasteiger partial charge in [0.15, 0.2) is 13.2 Å². The molecular weight excluding hydrogens is 622 g/mol. The molecule has 2 unspecified atom stereocenters. The van der Waals surface area contributed by atoms with Crippen LogP contribution in [0.5, 0.6) is 11.5 Å². The summed E-state index contributed by atoms with van der Waals surface area (Å²) in [5, 5.41) is 5.82. The third-order valence-electron chi connectivity index (χ3n) is 9.11. The lowest BCUT2D eigenvalue weighted by Crippen LogP contribution is -2.52. The van der Waals surface area contributed by atoms with Crippen LogP contribution in [0.15, 0.2) is 73.3 Å². The van der Waals surface area contributed by atoms with Crippen molar-refractivity contribution < 1.29 is 29.0 Å². The fourth-order valence-corrected chi connectivity index (χ4v) is 6.59. The Balaban J connectivity index is 0.00000541. The number of imidazole rings is 2. The van der Waals surface area contributed by atoms with E-state index in [4.69, 9.17) is 9.47 Å². The van der Waals surface area contributed by atoms with Gasteiger partial charge in [-0.05, 0) is 81.3 Å². The molecule has 12 nitrogen and oxygen atoms in total. The number of aromatic amines is 2. The van der Waals surface area contributed by atoms with Crippen LogP contribution in [0.25, 0.3) is 0 Å². The van der Waals surface area contributed by atoms with Gasteiger partial charge < -0.3 is 40.0 Å². The predicted molar refractivity (Wildman–Crippen MR) is 186 cm³/mol. The molecule has 0 radical (unpaired) electrons. The van der Waals surface area contributed by atoms with Crippen molar-refractivity contribution in [1.82, 2.24) is 30.6 Å². The number of aromatic nitrogens is 4. The zero-order valence-corrected chi connectivity index (χ0v) is 28.7. The number of H-pyrrole nitrogens is 2. The number of quaternary nitrogens is 1. The highest BCUT2D eigenvalue weighted by atomic mass is 16.5. The largest absolute Gasteiger partial charge is 0.870 e. The number of nitrogens with one attached hydrogen (secondary N) is 4. The predicted octanol–water partition coefficient (Wildman–Crippen LogP) is 5.03. The van der Waals surface area contributed by atoms with E-state index in [-0.39, 0.29) is 42.6 Å². The lowest BCUT2D eigenvalue weighted by atomic mass is 10.0. The number of carbonyl (C=O) groups excluding carboxylic acids is 2. The molecule has 4 aromatic rings. The summed E-state index contributed by atoms with van der Waals surface area (Å²) in [7, 11) is 0. The van der Waals surface area contributed by atoms with Gasteiger partial charge in [0.2, 0.25) is 0 Å². The molecule has 0 saturated carbocycles. The van der Waals surface area contributed by atoms with Crippen LogP contribution in [0.3, 0.4) is 0 Å². The molecule has 49 heavy (non-hydrogen) atoms. The van der Waals surface area contributed by atoms with E-state index in [1.807, 2.05) is 38.1 Å². The summed E-state index contributed by atoms with van der Waals surface area (Å²) in [5.41, 5.74) is 2.46. The van der Waals surface area contributed by atoms with E-state index in [0.29, 0.717) is 23.1 Å². The van der Waals surface area contributed by atoms with Crippen molar-refractivity contribution >= 4 is 11.8 Å². The topological polar surface area (TPSA) is 164 Å². The fraction of sp³-hybridized carbons (Fsp3) is 0.459. The molecule has 1 saturated heterocycles. The smallest absolute Gasteiger partial charge is 0.258 e. The van der Waals surface area contributed by atoms with Crippen LogP contribution in [-0.4, -0.2) is 81.1 Å². The molecule has 264 valence electrons. The summed E-state index contributed by atoms with van der Waals surface area (Å²) < 4.78 is 12.8. The molecule has 1 aliphatic heterocycles. The van der Waals surface area contributed by atoms with Gasteiger partial charge in [-0.3, -0.25) is 9.59 Å². The monoisotopic (exact) mass is 673 g/mol. The molecular formula is C37H51N7O5. The van der Waals surface area contributed by atoms with Gasteiger partial charge >= 0.3 is 0 Å². The minimum atomic E-state index is -0.209. The summed E-state index contributed by atoms with van der Waals surface area (Å²) in [4.78, 5) is 39.2. The van der Waals surface area contributed by atoms with E-state index in [1.54, 1.807) is 24.8 Å². The van der Waals surface area contributed by atoms with Gasteiger partial charge in [-0.25, -0.2) is 9.97 Å². The Labute approximate surface area is 288 Å². The Bertz CT molecular complexity index is 1450. The van der Waals surface area contributed by atoms with Gasteiger partial charge in [-0.1, -0.05) is 24.3 Å². The second-order valence-electron chi connectivity index (χ2n) is 12.9. The maximum Gasteiger partial charge on any atom is 0.258 e. The summed E-state index contributed by atoms with van der Waals surface area (Å²) >= 11 is 0. The molecule has 3 heterocycles. The number of aryl methyl sites for hydroxylation is 2. The molecule has 5 rings (SSSR count). The van der Waals surface area contributed by atoms with Gasteiger partial charge in [0.25, 0.3) is 11.8 Å². The quantitative estimate of drug-likeness (QED) is 0.108. The van der Waals surface area contributed by atoms with E-state index >= 15 is 0 Å². The maximum atomic E-state index is 12.4. The van der Waals surface area contributed by atoms with E-state index in [1.165, 1.54) is 48.0 Å². The highest BCUT2D eigenvalue weighted by Gasteiger charge is 2.29. The molecule has 2 aromatic carbocycles. The van der Waals surface area contributed by atoms with Crippen LogP contribution in [0.4, 0.5) is 0 Å². The number of nitrogens with zero attached hydrogens (tertiary/aromatic N) is 3. The third-order valence-corrected chi connectivity index (χ3v) is 9.11. The lowest BCUT2D eigenvalue weighted by Gasteiger charge is -2.42. The number of piperidine rings is 1. The summed E-state index contributed by atoms with van der Waals surface area (Å²) in [6.45, 7) is 8.50. The maximum absolute atomic E-state index is 12.4. The van der Waals surface area contributed by atoms with E-state index < -0.39 is 0 Å². The Morgan fingerprint density at radius 1 is 0.755 bits per heavy atom. The molecule has 2 atom stereocenters. The van der Waals surface area contributed by atoms with Crippen LogP contribution in [0, 0.1) is 0 Å². The standard InChI is InChI=1S/C37H49N7O4.H2O/c1-28(36-38-16-17-39-36)42-34(45)26-47-32-14-6-10-30(24-32)12-8-22-44(20-4-3-5-21-44)23-9-13-31-11-7-15-33(25-31)48-27-35(46)43-29(2)37-40-18-19-41-37;/h6-7,10-11,14-19,24-25,28-29H,3-5,8-9,12-13,20-23,26-27H2,1-2H3,(H3-,38,39,40,41,42,43,45,46);1H2. The van der Waals surface area contributed by atoms with E-state index in [2.05, 4.69) is 54.8 Å². The first kappa shape index (κ1) is 37.1. The van der Waals surface area contributed by atoms with Crippen molar-refractivity contribution in [3.8, 4) is 11.5 Å². The number of rotatable bonds is 18. The Morgan fingerprint density at radius 3 is 1.65 bits per heavy atom. The van der Waals surface area contributed by atoms with Gasteiger partial charge in [0.1, 0.15) is 23.1 Å². The van der Waals surface area contributed by atoms with Gasteiger partial charge in [-0.15, -0.1) is 0 Å². The fourth-order valence-electron chi connectivity index (χ4n) is 6.59. The summed E-state index contributed by atoms with van der Waals surface area (Å²) in [6, 6.07) is 15.8. The van der Waals surface area contributed by atoms with Crippen LogP contribution in [0.1, 0.15) is 80.8 Å². The Kier molecular flexibility index (Phi) is 14.2. The normalized spacial score (nSPS) is 15.0. The molecule has 0 bridgehead atoms. The zero-order chi connectivity index (χ0) is 33.6. The average Bonchev–Trinajstić information content (AvgIpc) is 3.84. The van der Waals surface area contributed by atoms with Crippen molar-refractivity contribution in [1.29, 1.82) is 0 Å². The third kappa shape index (κ3) is 11.8. The second kappa shape index (κ2) is 18.8. The van der Waals surface area contributed by atoms with Crippen molar-refractivity contribution in [3.05, 3.63) is 96.1 Å². The first-order chi connectivity index (χ1) is 23.4. The van der Waals surface area contributed by atoms with Crippen LogP contribution in [0.2, 0.25) is 0 Å². The van der Waals surface area contributed by atoms with Gasteiger partial charge in [0, 0.05) is 37.6 Å².